The average molecular weight is 267 g/mol. The molecule has 1 radical (unpaired) electrons. The summed E-state index contributed by atoms with van der Waals surface area (Å²) in [5, 5.41) is 2.65. The van der Waals surface area contributed by atoms with Gasteiger partial charge in [0.15, 0.2) is 0 Å². The number of fused-ring (bicyclic) bond motifs is 1. The Bertz CT molecular complexity index is 498. The molecular weight excluding hydrogens is 240 g/mol. The summed E-state index contributed by atoms with van der Waals surface area (Å²) in [6.07, 6.45) is 12.4. The van der Waals surface area contributed by atoms with Crippen LogP contribution in [0.5, 0.6) is 0 Å². The Hall–Kier alpha value is -1.30. The first-order valence-electron chi connectivity index (χ1n) is 8.29. The van der Waals surface area contributed by atoms with Gasteiger partial charge < -0.3 is 0 Å². The molecule has 0 saturated carbocycles. The molecule has 0 heterocycles. The molecule has 0 nitrogen and oxygen atoms in total. The lowest BCUT2D eigenvalue weighted by molar-refractivity contribution is 0.575. The molecule has 0 aliphatic heterocycles. The SMILES string of the molecule is CCCCCCCCCCc1ccc2c[c]ccc2c1. The molecule has 2 aromatic rings. The zero-order valence-electron chi connectivity index (χ0n) is 12.8. The highest BCUT2D eigenvalue weighted by molar-refractivity contribution is 5.82. The quantitative estimate of drug-likeness (QED) is 0.466. The monoisotopic (exact) mass is 267 g/mol. The van der Waals surface area contributed by atoms with Crippen LogP contribution in [0.3, 0.4) is 0 Å². The van der Waals surface area contributed by atoms with Gasteiger partial charge in [-0.2, -0.15) is 0 Å². The molecule has 0 aliphatic rings. The van der Waals surface area contributed by atoms with Gasteiger partial charge in [0.1, 0.15) is 0 Å². The van der Waals surface area contributed by atoms with Crippen LogP contribution in [0.1, 0.15) is 63.9 Å². The van der Waals surface area contributed by atoms with Crippen molar-refractivity contribution in [3.05, 3.63) is 48.0 Å². The van der Waals surface area contributed by atoms with E-state index in [-0.39, 0.29) is 0 Å². The predicted molar refractivity (Wildman–Crippen MR) is 89.1 cm³/mol. The van der Waals surface area contributed by atoms with Crippen molar-refractivity contribution < 1.29 is 0 Å². The Morgan fingerprint density at radius 2 is 1.55 bits per heavy atom. The second kappa shape index (κ2) is 8.79. The van der Waals surface area contributed by atoms with Gasteiger partial charge in [0, 0.05) is 0 Å². The average Bonchev–Trinajstić information content (AvgIpc) is 2.50. The lowest BCUT2D eigenvalue weighted by atomic mass is 10.0. The lowest BCUT2D eigenvalue weighted by Gasteiger charge is -2.04. The maximum absolute atomic E-state index is 3.14. The number of hydrogen-bond acceptors (Lipinski definition) is 0. The van der Waals surface area contributed by atoms with Crippen molar-refractivity contribution in [3.8, 4) is 0 Å². The molecule has 0 fully saturated rings. The van der Waals surface area contributed by atoms with Crippen LogP contribution in [0, 0.1) is 6.07 Å². The number of hydrogen-bond donors (Lipinski definition) is 0. The second-order valence-electron chi connectivity index (χ2n) is 5.83. The zero-order valence-corrected chi connectivity index (χ0v) is 12.8. The summed E-state index contributed by atoms with van der Waals surface area (Å²) < 4.78 is 0. The Kier molecular flexibility index (Phi) is 6.63. The van der Waals surface area contributed by atoms with Crippen molar-refractivity contribution >= 4 is 10.8 Å². The summed E-state index contributed by atoms with van der Waals surface area (Å²) in [6, 6.07) is 16.2. The van der Waals surface area contributed by atoms with E-state index in [1.54, 1.807) is 0 Å². The highest BCUT2D eigenvalue weighted by atomic mass is 14.0. The van der Waals surface area contributed by atoms with Crippen molar-refractivity contribution in [1.82, 2.24) is 0 Å². The highest BCUT2D eigenvalue weighted by Crippen LogP contribution is 2.17. The van der Waals surface area contributed by atoms with E-state index in [1.165, 1.54) is 74.1 Å². The fourth-order valence-electron chi connectivity index (χ4n) is 2.79. The predicted octanol–water partition coefficient (Wildman–Crippen LogP) is 6.32. The number of aryl methyl sites for hydroxylation is 1. The number of unbranched alkanes of at least 4 members (excludes halogenated alkanes) is 7. The first kappa shape index (κ1) is 15.1. The summed E-state index contributed by atoms with van der Waals surface area (Å²) in [5.41, 5.74) is 1.48. The van der Waals surface area contributed by atoms with Gasteiger partial charge >= 0.3 is 0 Å². The standard InChI is InChI=1S/C20H27/c1-2-3-4-5-6-7-8-9-12-18-15-16-19-13-10-11-14-20(19)17-18/h11,13-17H,2-9,12H2,1H3. The number of benzene rings is 2. The summed E-state index contributed by atoms with van der Waals surface area (Å²) >= 11 is 0. The molecule has 0 aliphatic carbocycles. The van der Waals surface area contributed by atoms with E-state index in [4.69, 9.17) is 0 Å². The third-order valence-corrected chi connectivity index (χ3v) is 4.07. The zero-order chi connectivity index (χ0) is 14.0. The first-order valence-corrected chi connectivity index (χ1v) is 8.29. The minimum Gasteiger partial charge on any atom is -0.0654 e. The van der Waals surface area contributed by atoms with Crippen LogP contribution in [-0.2, 0) is 6.42 Å². The Balaban J connectivity index is 1.65. The van der Waals surface area contributed by atoms with Crippen LogP contribution in [0.4, 0.5) is 0 Å². The van der Waals surface area contributed by atoms with Gasteiger partial charge in [-0.05, 0) is 41.3 Å². The third-order valence-electron chi connectivity index (χ3n) is 4.07. The van der Waals surface area contributed by atoms with Crippen LogP contribution >= 0.6 is 0 Å². The molecule has 0 amide bonds. The summed E-state index contributed by atoms with van der Waals surface area (Å²) in [4.78, 5) is 0. The minimum atomic E-state index is 1.23. The fraction of sp³-hybridized carbons (Fsp3) is 0.500. The van der Waals surface area contributed by atoms with Crippen molar-refractivity contribution in [2.24, 2.45) is 0 Å². The lowest BCUT2D eigenvalue weighted by Crippen LogP contribution is -1.87. The van der Waals surface area contributed by atoms with Crippen molar-refractivity contribution in [2.75, 3.05) is 0 Å². The van der Waals surface area contributed by atoms with Crippen molar-refractivity contribution in [2.45, 2.75) is 64.7 Å². The summed E-state index contributed by atoms with van der Waals surface area (Å²) in [5.74, 6) is 0. The normalized spacial score (nSPS) is 11.1. The van der Waals surface area contributed by atoms with E-state index in [9.17, 15) is 0 Å². The molecule has 2 aromatic carbocycles. The molecule has 0 aromatic heterocycles. The van der Waals surface area contributed by atoms with Crippen LogP contribution in [-0.4, -0.2) is 0 Å². The van der Waals surface area contributed by atoms with Gasteiger partial charge in [-0.3, -0.25) is 0 Å². The molecule has 0 heteroatoms. The molecule has 0 bridgehead atoms. The van der Waals surface area contributed by atoms with E-state index >= 15 is 0 Å². The fourth-order valence-corrected chi connectivity index (χ4v) is 2.79. The van der Waals surface area contributed by atoms with E-state index < -0.39 is 0 Å². The molecular formula is C20H27. The maximum atomic E-state index is 3.14. The van der Waals surface area contributed by atoms with Gasteiger partial charge in [0.05, 0.1) is 0 Å². The van der Waals surface area contributed by atoms with Gasteiger partial charge in [-0.25, -0.2) is 0 Å². The smallest absolute Gasteiger partial charge is 0.0177 e. The van der Waals surface area contributed by atoms with E-state index in [0.29, 0.717) is 0 Å². The van der Waals surface area contributed by atoms with Crippen LogP contribution in [0.25, 0.3) is 10.8 Å². The van der Waals surface area contributed by atoms with Crippen molar-refractivity contribution in [3.63, 3.8) is 0 Å². The van der Waals surface area contributed by atoms with E-state index in [0.717, 1.165) is 0 Å². The summed E-state index contributed by atoms with van der Waals surface area (Å²) in [7, 11) is 0. The van der Waals surface area contributed by atoms with Gasteiger partial charge in [-0.15, -0.1) is 0 Å². The van der Waals surface area contributed by atoms with E-state index in [2.05, 4.69) is 43.3 Å². The minimum absolute atomic E-state index is 1.23. The largest absolute Gasteiger partial charge is 0.0654 e. The van der Waals surface area contributed by atoms with Gasteiger partial charge in [-0.1, -0.05) is 82.2 Å². The van der Waals surface area contributed by atoms with Crippen LogP contribution in [0.2, 0.25) is 0 Å². The maximum Gasteiger partial charge on any atom is -0.0177 e. The van der Waals surface area contributed by atoms with Gasteiger partial charge in [0.25, 0.3) is 0 Å². The summed E-state index contributed by atoms with van der Waals surface area (Å²) in [6.45, 7) is 2.28. The van der Waals surface area contributed by atoms with Crippen molar-refractivity contribution in [1.29, 1.82) is 0 Å². The molecule has 0 atom stereocenters. The Morgan fingerprint density at radius 3 is 2.35 bits per heavy atom. The van der Waals surface area contributed by atoms with E-state index in [1.807, 2.05) is 6.07 Å². The topological polar surface area (TPSA) is 0 Å². The van der Waals surface area contributed by atoms with Crippen LogP contribution < -0.4 is 0 Å². The molecule has 0 spiro atoms. The third kappa shape index (κ3) is 5.00. The second-order valence-corrected chi connectivity index (χ2v) is 5.83. The Labute approximate surface area is 124 Å². The van der Waals surface area contributed by atoms with Crippen LogP contribution in [0.15, 0.2) is 36.4 Å². The number of rotatable bonds is 9. The molecule has 107 valence electrons. The highest BCUT2D eigenvalue weighted by Gasteiger charge is 1.97. The van der Waals surface area contributed by atoms with Gasteiger partial charge in [0.2, 0.25) is 0 Å². The Morgan fingerprint density at radius 1 is 0.800 bits per heavy atom. The molecule has 20 heavy (non-hydrogen) atoms. The first-order chi connectivity index (χ1) is 9.90. The molecule has 0 N–H and O–H groups in total. The molecule has 2 rings (SSSR count). The molecule has 0 unspecified atom stereocenters. The molecule has 0 saturated heterocycles.